The van der Waals surface area contributed by atoms with Crippen LogP contribution in [0.25, 0.3) is 0 Å². The predicted octanol–water partition coefficient (Wildman–Crippen LogP) is 2.10. The van der Waals surface area contributed by atoms with Gasteiger partial charge in [-0.3, -0.25) is 0 Å². The Bertz CT molecular complexity index is 390. The lowest BCUT2D eigenvalue weighted by Crippen LogP contribution is -2.32. The van der Waals surface area contributed by atoms with Gasteiger partial charge in [-0.2, -0.15) is 10.2 Å². The molecule has 1 N–H and O–H groups in total. The van der Waals surface area contributed by atoms with Gasteiger partial charge in [0.1, 0.15) is 0 Å². The van der Waals surface area contributed by atoms with Crippen molar-refractivity contribution in [1.82, 2.24) is 10.2 Å². The maximum Gasteiger partial charge on any atom is 0.0862 e. The topological polar surface area (TPSA) is 55.2 Å². The number of hydrogen-bond acceptors (Lipinski definition) is 4. The van der Waals surface area contributed by atoms with Gasteiger partial charge in [-0.25, -0.2) is 0 Å². The molecule has 2 atom stereocenters. The second kappa shape index (κ2) is 4.03. The molecule has 0 aliphatic carbocycles. The van der Waals surface area contributed by atoms with Crippen molar-refractivity contribution in [3.05, 3.63) is 24.0 Å². The van der Waals surface area contributed by atoms with Gasteiger partial charge in [0.05, 0.1) is 23.5 Å². The molecule has 2 heterocycles. The first-order chi connectivity index (χ1) is 7.82. The Balaban J connectivity index is 2.23. The highest BCUT2D eigenvalue weighted by molar-refractivity contribution is 5.13. The minimum Gasteiger partial charge on any atom is -0.388 e. The molecular weight excluding hydrogens is 216 g/mol. The summed E-state index contributed by atoms with van der Waals surface area (Å²) in [6.45, 7) is 8.19. The van der Waals surface area contributed by atoms with Crippen molar-refractivity contribution < 1.29 is 9.84 Å². The fourth-order valence-electron chi connectivity index (χ4n) is 2.80. The highest BCUT2D eigenvalue weighted by Gasteiger charge is 2.49. The van der Waals surface area contributed by atoms with E-state index >= 15 is 0 Å². The molecule has 94 valence electrons. The van der Waals surface area contributed by atoms with Crippen LogP contribution in [0.1, 0.15) is 45.8 Å². The molecule has 1 saturated heterocycles. The van der Waals surface area contributed by atoms with Gasteiger partial charge < -0.3 is 9.84 Å². The first-order valence-electron chi connectivity index (χ1n) is 5.97. The van der Waals surface area contributed by atoms with Crippen LogP contribution in [0.3, 0.4) is 0 Å². The number of nitrogens with zero attached hydrogens (tertiary/aromatic N) is 2. The van der Waals surface area contributed by atoms with Crippen molar-refractivity contribution in [2.45, 2.75) is 51.4 Å². The molecule has 2 unspecified atom stereocenters. The molecule has 1 fully saturated rings. The van der Waals surface area contributed by atoms with E-state index < -0.39 is 6.10 Å². The van der Waals surface area contributed by atoms with Gasteiger partial charge in [0.15, 0.2) is 0 Å². The Morgan fingerprint density at radius 3 is 2.53 bits per heavy atom. The Labute approximate surface area is 102 Å². The molecule has 1 aromatic rings. The van der Waals surface area contributed by atoms with Crippen LogP contribution >= 0.6 is 0 Å². The third kappa shape index (κ3) is 2.48. The molecule has 0 saturated carbocycles. The summed E-state index contributed by atoms with van der Waals surface area (Å²) >= 11 is 0. The fraction of sp³-hybridized carbons (Fsp3) is 0.692. The quantitative estimate of drug-likeness (QED) is 0.854. The SMILES string of the molecule is CC1(C)CC(C(O)c2ccnnc2)C(C)(C)O1. The molecule has 1 aliphatic heterocycles. The predicted molar refractivity (Wildman–Crippen MR) is 64.3 cm³/mol. The van der Waals surface area contributed by atoms with Crippen LogP contribution in [-0.4, -0.2) is 26.5 Å². The molecule has 4 heteroatoms. The summed E-state index contributed by atoms with van der Waals surface area (Å²) in [7, 11) is 0. The van der Waals surface area contributed by atoms with Gasteiger partial charge in [0.2, 0.25) is 0 Å². The molecule has 1 aliphatic rings. The molecule has 17 heavy (non-hydrogen) atoms. The number of ether oxygens (including phenoxy) is 1. The zero-order chi connectivity index (χ0) is 12.7. The van der Waals surface area contributed by atoms with E-state index in [1.165, 1.54) is 0 Å². The van der Waals surface area contributed by atoms with Crippen molar-refractivity contribution in [3.63, 3.8) is 0 Å². The van der Waals surface area contributed by atoms with Crippen LogP contribution in [0.4, 0.5) is 0 Å². The van der Waals surface area contributed by atoms with Crippen molar-refractivity contribution in [2.24, 2.45) is 5.92 Å². The van der Waals surface area contributed by atoms with Gasteiger partial charge in [-0.1, -0.05) is 0 Å². The lowest BCUT2D eigenvalue weighted by molar-refractivity contribution is -0.0880. The second-order valence-electron chi connectivity index (χ2n) is 5.90. The molecule has 0 radical (unpaired) electrons. The minimum atomic E-state index is -0.553. The van der Waals surface area contributed by atoms with Crippen LogP contribution in [0.5, 0.6) is 0 Å². The van der Waals surface area contributed by atoms with Gasteiger partial charge in [-0.15, -0.1) is 0 Å². The zero-order valence-electron chi connectivity index (χ0n) is 10.8. The zero-order valence-corrected chi connectivity index (χ0v) is 10.8. The number of hydrogen-bond donors (Lipinski definition) is 1. The van der Waals surface area contributed by atoms with E-state index in [-0.39, 0.29) is 17.1 Å². The molecular formula is C13H20N2O2. The average molecular weight is 236 g/mol. The molecule has 2 rings (SSSR count). The van der Waals surface area contributed by atoms with E-state index in [0.29, 0.717) is 0 Å². The normalized spacial score (nSPS) is 27.9. The van der Waals surface area contributed by atoms with E-state index in [2.05, 4.69) is 24.0 Å². The molecule has 0 amide bonds. The number of aliphatic hydroxyl groups is 1. The summed E-state index contributed by atoms with van der Waals surface area (Å²) in [4.78, 5) is 0. The van der Waals surface area contributed by atoms with Gasteiger partial charge in [0.25, 0.3) is 0 Å². The van der Waals surface area contributed by atoms with E-state index in [1.807, 2.05) is 13.8 Å². The maximum atomic E-state index is 10.4. The maximum absolute atomic E-state index is 10.4. The lowest BCUT2D eigenvalue weighted by Gasteiger charge is -2.30. The Morgan fingerprint density at radius 1 is 1.35 bits per heavy atom. The molecule has 1 aromatic heterocycles. The van der Waals surface area contributed by atoms with Crippen LogP contribution in [-0.2, 0) is 4.74 Å². The first-order valence-corrected chi connectivity index (χ1v) is 5.97. The lowest BCUT2D eigenvalue weighted by atomic mass is 9.81. The van der Waals surface area contributed by atoms with Gasteiger partial charge in [-0.05, 0) is 40.2 Å². The van der Waals surface area contributed by atoms with Crippen molar-refractivity contribution in [2.75, 3.05) is 0 Å². The second-order valence-corrected chi connectivity index (χ2v) is 5.90. The van der Waals surface area contributed by atoms with Crippen LogP contribution in [0.2, 0.25) is 0 Å². The first kappa shape index (κ1) is 12.5. The van der Waals surface area contributed by atoms with Gasteiger partial charge >= 0.3 is 0 Å². The van der Waals surface area contributed by atoms with Crippen molar-refractivity contribution >= 4 is 0 Å². The van der Waals surface area contributed by atoms with Crippen LogP contribution in [0.15, 0.2) is 18.5 Å². The third-order valence-corrected chi connectivity index (χ3v) is 3.47. The van der Waals surface area contributed by atoms with E-state index in [9.17, 15) is 5.11 Å². The highest BCUT2D eigenvalue weighted by Crippen LogP contribution is 2.47. The standard InChI is InChI=1S/C13H20N2O2/c1-12(2)7-10(13(3,4)17-12)11(16)9-5-6-14-15-8-9/h5-6,8,10-11,16H,7H2,1-4H3. The Kier molecular flexibility index (Phi) is 2.96. The summed E-state index contributed by atoms with van der Waals surface area (Å²) in [5.74, 6) is 0.0710. The van der Waals surface area contributed by atoms with Crippen molar-refractivity contribution in [1.29, 1.82) is 0 Å². The highest BCUT2D eigenvalue weighted by atomic mass is 16.5. The Hall–Kier alpha value is -1.00. The van der Waals surface area contributed by atoms with Crippen molar-refractivity contribution in [3.8, 4) is 0 Å². The minimum absolute atomic E-state index is 0.0710. The summed E-state index contributed by atoms with van der Waals surface area (Å²) < 4.78 is 6.00. The van der Waals surface area contributed by atoms with E-state index in [0.717, 1.165) is 12.0 Å². The van der Waals surface area contributed by atoms with E-state index in [4.69, 9.17) is 4.74 Å². The summed E-state index contributed by atoms with van der Waals surface area (Å²) in [6, 6.07) is 1.80. The van der Waals surface area contributed by atoms with E-state index in [1.54, 1.807) is 18.5 Å². The molecule has 4 nitrogen and oxygen atoms in total. The van der Waals surface area contributed by atoms with Crippen LogP contribution in [0, 0.1) is 5.92 Å². The average Bonchev–Trinajstić information content (AvgIpc) is 2.47. The summed E-state index contributed by atoms with van der Waals surface area (Å²) in [6.07, 6.45) is 3.50. The monoisotopic (exact) mass is 236 g/mol. The molecule has 0 aromatic carbocycles. The number of aromatic nitrogens is 2. The number of rotatable bonds is 2. The fourth-order valence-corrected chi connectivity index (χ4v) is 2.80. The van der Waals surface area contributed by atoms with Gasteiger partial charge in [0, 0.05) is 17.7 Å². The summed E-state index contributed by atoms with van der Waals surface area (Å²) in [5.41, 5.74) is 0.293. The summed E-state index contributed by atoms with van der Waals surface area (Å²) in [5, 5.41) is 18.0. The largest absolute Gasteiger partial charge is 0.388 e. The smallest absolute Gasteiger partial charge is 0.0862 e. The third-order valence-electron chi connectivity index (χ3n) is 3.47. The number of aliphatic hydroxyl groups excluding tert-OH is 1. The van der Waals surface area contributed by atoms with Crippen LogP contribution < -0.4 is 0 Å². The molecule has 0 spiro atoms. The molecule has 0 bridgehead atoms. The Morgan fingerprint density at radius 2 is 2.06 bits per heavy atom.